The maximum atomic E-state index is 13.6. The molecule has 37 heavy (non-hydrogen) atoms. The molecule has 3 amide bonds. The topological polar surface area (TPSA) is 104 Å². The van der Waals surface area contributed by atoms with Crippen molar-refractivity contribution in [2.45, 2.75) is 30.3 Å². The highest BCUT2D eigenvalue weighted by molar-refractivity contribution is 9.10. The van der Waals surface area contributed by atoms with Crippen molar-refractivity contribution in [2.75, 3.05) is 13.6 Å². The molecule has 192 valence electrons. The van der Waals surface area contributed by atoms with E-state index in [1.165, 1.54) is 24.1 Å². The van der Waals surface area contributed by atoms with Crippen molar-refractivity contribution in [2.24, 2.45) is 0 Å². The summed E-state index contributed by atoms with van der Waals surface area (Å²) in [6.07, 6.45) is 0.00187. The summed E-state index contributed by atoms with van der Waals surface area (Å²) in [5.74, 6) is -1.44. The van der Waals surface area contributed by atoms with Crippen LogP contribution in [0.2, 0.25) is 0 Å². The van der Waals surface area contributed by atoms with E-state index in [0.29, 0.717) is 0 Å². The van der Waals surface area contributed by atoms with Crippen molar-refractivity contribution in [3.05, 3.63) is 100 Å². The molecule has 0 radical (unpaired) electrons. The van der Waals surface area contributed by atoms with Gasteiger partial charge in [-0.05, 0) is 35.4 Å². The van der Waals surface area contributed by atoms with Gasteiger partial charge in [0.25, 0.3) is 15.9 Å². The number of amides is 3. The number of nitrogens with zero attached hydrogens (tertiary/aromatic N) is 2. The van der Waals surface area contributed by atoms with Crippen molar-refractivity contribution < 1.29 is 22.8 Å². The summed E-state index contributed by atoms with van der Waals surface area (Å²) < 4.78 is 27.4. The van der Waals surface area contributed by atoms with E-state index in [9.17, 15) is 22.8 Å². The predicted molar refractivity (Wildman–Crippen MR) is 142 cm³/mol. The summed E-state index contributed by atoms with van der Waals surface area (Å²) in [5, 5.41) is 2.64. The molecule has 0 unspecified atom stereocenters. The van der Waals surface area contributed by atoms with E-state index in [-0.39, 0.29) is 42.3 Å². The number of benzene rings is 3. The van der Waals surface area contributed by atoms with Crippen LogP contribution in [0.15, 0.2) is 88.2 Å². The summed E-state index contributed by atoms with van der Waals surface area (Å²) in [5.41, 5.74) is 1.76. The van der Waals surface area contributed by atoms with Gasteiger partial charge >= 0.3 is 0 Å². The number of likely N-dealkylation sites (N-methyl/N-ethyl adjacent to an activating group) is 1. The van der Waals surface area contributed by atoms with Crippen LogP contribution in [-0.4, -0.2) is 55.0 Å². The molecular weight excluding hydrogens is 558 g/mol. The van der Waals surface area contributed by atoms with Crippen LogP contribution in [0.25, 0.3) is 0 Å². The normalized spacial score (nSPS) is 14.6. The summed E-state index contributed by atoms with van der Waals surface area (Å²) in [4.78, 5) is 40.8. The fraction of sp³-hybridized carbons (Fsp3) is 0.222. The zero-order valence-corrected chi connectivity index (χ0v) is 22.5. The highest BCUT2D eigenvalue weighted by atomic mass is 79.9. The molecule has 8 nitrogen and oxygen atoms in total. The Morgan fingerprint density at radius 2 is 1.65 bits per heavy atom. The molecule has 0 aliphatic carbocycles. The van der Waals surface area contributed by atoms with E-state index in [1.807, 2.05) is 54.6 Å². The molecule has 0 spiro atoms. The number of fused-ring (bicyclic) bond motifs is 1. The SMILES string of the molecule is CNC(=O)[C@H](Cc1ccccc1)N(Cc1cccc(Br)c1)C(=O)CCN1C(=O)c2ccccc2S1(=O)=O. The van der Waals surface area contributed by atoms with Gasteiger partial charge in [-0.15, -0.1) is 0 Å². The van der Waals surface area contributed by atoms with Crippen molar-refractivity contribution in [3.8, 4) is 0 Å². The first-order valence-electron chi connectivity index (χ1n) is 11.7. The van der Waals surface area contributed by atoms with Crippen LogP contribution in [0.4, 0.5) is 0 Å². The summed E-state index contributed by atoms with van der Waals surface area (Å²) in [6, 6.07) is 21.9. The molecule has 1 aliphatic rings. The Balaban J connectivity index is 1.61. The fourth-order valence-corrected chi connectivity index (χ4v) is 6.36. The Morgan fingerprint density at radius 1 is 0.973 bits per heavy atom. The highest BCUT2D eigenvalue weighted by Gasteiger charge is 2.41. The van der Waals surface area contributed by atoms with Crippen LogP contribution in [0.3, 0.4) is 0 Å². The van der Waals surface area contributed by atoms with Gasteiger partial charge in [0.15, 0.2) is 0 Å². The molecule has 1 heterocycles. The van der Waals surface area contributed by atoms with E-state index in [0.717, 1.165) is 19.9 Å². The number of hydrogen-bond acceptors (Lipinski definition) is 5. The fourth-order valence-electron chi connectivity index (χ4n) is 4.35. The third-order valence-corrected chi connectivity index (χ3v) is 8.53. The number of halogens is 1. The molecule has 0 aromatic heterocycles. The first kappa shape index (κ1) is 26.6. The van der Waals surface area contributed by atoms with E-state index in [1.54, 1.807) is 12.1 Å². The van der Waals surface area contributed by atoms with Crippen LogP contribution >= 0.6 is 15.9 Å². The zero-order valence-electron chi connectivity index (χ0n) is 20.1. The van der Waals surface area contributed by atoms with Crippen molar-refractivity contribution in [1.29, 1.82) is 0 Å². The van der Waals surface area contributed by atoms with Gasteiger partial charge in [0.2, 0.25) is 11.8 Å². The van der Waals surface area contributed by atoms with Gasteiger partial charge in [-0.2, -0.15) is 0 Å². The minimum atomic E-state index is -4.04. The lowest BCUT2D eigenvalue weighted by Crippen LogP contribution is -2.50. The van der Waals surface area contributed by atoms with E-state index in [4.69, 9.17) is 0 Å². The number of sulfonamides is 1. The lowest BCUT2D eigenvalue weighted by molar-refractivity contribution is -0.141. The van der Waals surface area contributed by atoms with Crippen molar-refractivity contribution >= 4 is 43.7 Å². The van der Waals surface area contributed by atoms with Crippen molar-refractivity contribution in [3.63, 3.8) is 0 Å². The summed E-state index contributed by atoms with van der Waals surface area (Å²) in [7, 11) is -2.53. The standard InChI is InChI=1S/C27H26BrN3O5S/c1-29-26(33)23(17-19-8-3-2-4-9-19)30(18-20-10-7-11-21(28)16-20)25(32)14-15-31-27(34)22-12-5-6-13-24(22)37(31,35)36/h2-13,16,23H,14-15,17-18H2,1H3,(H,29,33)/t23-/m0/s1. The highest BCUT2D eigenvalue weighted by Crippen LogP contribution is 2.30. The van der Waals surface area contributed by atoms with Crippen molar-refractivity contribution in [1.82, 2.24) is 14.5 Å². The van der Waals surface area contributed by atoms with Gasteiger partial charge in [0.1, 0.15) is 10.9 Å². The average Bonchev–Trinajstić information content (AvgIpc) is 3.09. The number of nitrogens with one attached hydrogen (secondary N) is 1. The van der Waals surface area contributed by atoms with Crippen LogP contribution in [0, 0.1) is 0 Å². The minimum absolute atomic E-state index is 0.0641. The minimum Gasteiger partial charge on any atom is -0.357 e. The Kier molecular flexibility index (Phi) is 8.09. The van der Waals surface area contributed by atoms with Gasteiger partial charge in [-0.3, -0.25) is 14.4 Å². The second-order valence-corrected chi connectivity index (χ2v) is 11.3. The maximum Gasteiger partial charge on any atom is 0.269 e. The summed E-state index contributed by atoms with van der Waals surface area (Å²) >= 11 is 3.44. The largest absolute Gasteiger partial charge is 0.357 e. The van der Waals surface area contributed by atoms with Gasteiger partial charge in [-0.25, -0.2) is 12.7 Å². The number of carbonyl (C=O) groups is 3. The maximum absolute atomic E-state index is 13.6. The van der Waals surface area contributed by atoms with E-state index >= 15 is 0 Å². The first-order valence-corrected chi connectivity index (χ1v) is 13.9. The molecular formula is C27H26BrN3O5S. The first-order chi connectivity index (χ1) is 17.7. The van der Waals surface area contributed by atoms with Crippen LogP contribution in [0.5, 0.6) is 0 Å². The lowest BCUT2D eigenvalue weighted by Gasteiger charge is -2.31. The number of hydrogen-bond donors (Lipinski definition) is 1. The van der Waals surface area contributed by atoms with Gasteiger partial charge < -0.3 is 10.2 Å². The Bertz CT molecular complexity index is 1430. The van der Waals surface area contributed by atoms with Gasteiger partial charge in [0.05, 0.1) is 5.56 Å². The number of carbonyl (C=O) groups excluding carboxylic acids is 3. The second-order valence-electron chi connectivity index (χ2n) is 8.60. The molecule has 0 saturated heterocycles. The van der Waals surface area contributed by atoms with Crippen LogP contribution in [-0.2, 0) is 32.6 Å². The molecule has 1 aliphatic heterocycles. The third kappa shape index (κ3) is 5.75. The molecule has 4 rings (SSSR count). The molecule has 0 saturated carbocycles. The third-order valence-electron chi connectivity index (χ3n) is 6.20. The zero-order chi connectivity index (χ0) is 26.6. The van der Waals surface area contributed by atoms with E-state index < -0.39 is 27.9 Å². The lowest BCUT2D eigenvalue weighted by atomic mass is 10.0. The quantitative estimate of drug-likeness (QED) is 0.416. The Morgan fingerprint density at radius 3 is 2.32 bits per heavy atom. The second kappa shape index (κ2) is 11.3. The molecule has 1 atom stereocenters. The Labute approximate surface area is 224 Å². The van der Waals surface area contributed by atoms with Gasteiger partial charge in [-0.1, -0.05) is 70.5 Å². The molecule has 3 aromatic rings. The van der Waals surface area contributed by atoms with Gasteiger partial charge in [0, 0.05) is 37.5 Å². The smallest absolute Gasteiger partial charge is 0.269 e. The molecule has 1 N–H and O–H groups in total. The van der Waals surface area contributed by atoms with Crippen LogP contribution < -0.4 is 5.32 Å². The number of rotatable bonds is 9. The van der Waals surface area contributed by atoms with Crippen LogP contribution in [0.1, 0.15) is 27.9 Å². The molecule has 0 fully saturated rings. The Hall–Kier alpha value is -3.50. The monoisotopic (exact) mass is 583 g/mol. The summed E-state index contributed by atoms with van der Waals surface area (Å²) in [6.45, 7) is -0.195. The average molecular weight is 584 g/mol. The van der Waals surface area contributed by atoms with E-state index in [2.05, 4.69) is 21.2 Å². The molecule has 0 bridgehead atoms. The molecule has 10 heteroatoms. The molecule has 3 aromatic carbocycles. The predicted octanol–water partition coefficient (Wildman–Crippen LogP) is 3.37.